The van der Waals surface area contributed by atoms with Gasteiger partial charge in [0, 0.05) is 6.54 Å². The molecule has 0 spiro atoms. The summed E-state index contributed by atoms with van der Waals surface area (Å²) < 4.78 is 14.8. The molecule has 5 heteroatoms. The van der Waals surface area contributed by atoms with Crippen LogP contribution in [-0.4, -0.2) is 21.6 Å². The minimum absolute atomic E-state index is 0.0257. The first-order valence-corrected chi connectivity index (χ1v) is 31.4. The Morgan fingerprint density at radius 3 is 0.744 bits per heavy atom. The van der Waals surface area contributed by atoms with Gasteiger partial charge in [-0.25, -0.2) is 0 Å². The highest BCUT2D eigenvalue weighted by Gasteiger charge is 2.41. The molecule has 0 atom stereocenters. The van der Waals surface area contributed by atoms with E-state index in [4.69, 9.17) is 9.47 Å². The fourth-order valence-corrected chi connectivity index (χ4v) is 12.2. The number of rotatable bonds is 17. The third kappa shape index (κ3) is 13.7. The highest BCUT2D eigenvalue weighted by Crippen LogP contribution is 2.49. The Morgan fingerprint density at radius 1 is 0.279 bits per heavy atom. The number of aryl methyl sites for hydroxylation is 1. The molecule has 448 valence electrons. The number of unbranched alkanes of at least 4 members (excludes halogenated alkanes) is 1. The Hall–Kier alpha value is -7.50. The Kier molecular flexibility index (Phi) is 17.8. The molecule has 0 amide bonds. The van der Waals surface area contributed by atoms with Gasteiger partial charge in [-0.15, -0.1) is 5.10 Å². The molecule has 0 aliphatic rings. The van der Waals surface area contributed by atoms with Crippen molar-refractivity contribution >= 4 is 0 Å². The van der Waals surface area contributed by atoms with E-state index >= 15 is 0 Å². The molecule has 1 aromatic heterocycles. The average Bonchev–Trinajstić information content (AvgIpc) is 0.885. The van der Waals surface area contributed by atoms with Crippen LogP contribution in [0.4, 0.5) is 0 Å². The molecular weight excluding hydrogens is 1050 g/mol. The topological polar surface area (TPSA) is 49.2 Å². The van der Waals surface area contributed by atoms with E-state index in [1.54, 1.807) is 0 Å². The maximum absolute atomic E-state index is 6.47. The van der Waals surface area contributed by atoms with Crippen LogP contribution >= 0.6 is 0 Å². The molecular formula is C81H97N3O2. The zero-order chi connectivity index (χ0) is 62.1. The predicted octanol–water partition coefficient (Wildman–Crippen LogP) is 20.3. The van der Waals surface area contributed by atoms with E-state index in [2.05, 4.69) is 329 Å². The van der Waals surface area contributed by atoms with E-state index < -0.39 is 10.8 Å². The van der Waals surface area contributed by atoms with Crippen molar-refractivity contribution in [3.63, 3.8) is 0 Å². The molecule has 0 saturated heterocycles. The maximum atomic E-state index is 6.47. The van der Waals surface area contributed by atoms with Gasteiger partial charge in [0.25, 0.3) is 0 Å². The van der Waals surface area contributed by atoms with Crippen LogP contribution in [0.25, 0.3) is 0 Å². The lowest BCUT2D eigenvalue weighted by Gasteiger charge is -2.38. The minimum Gasteiger partial charge on any atom is -0.494 e. The second kappa shape index (κ2) is 24.3. The lowest BCUT2D eigenvalue weighted by Crippen LogP contribution is -2.31. The molecule has 0 fully saturated rings. The minimum atomic E-state index is -0.605. The maximum Gasteiger partial charge on any atom is 0.134 e. The molecule has 0 saturated carbocycles. The highest BCUT2D eigenvalue weighted by molar-refractivity contribution is 5.63. The van der Waals surface area contributed by atoms with Gasteiger partial charge in [0.2, 0.25) is 0 Å². The molecule has 1 heterocycles. The van der Waals surface area contributed by atoms with Crippen molar-refractivity contribution in [1.29, 1.82) is 0 Å². The Bertz CT molecular complexity index is 3360. The van der Waals surface area contributed by atoms with Crippen molar-refractivity contribution in [3.05, 3.63) is 284 Å². The van der Waals surface area contributed by atoms with Gasteiger partial charge in [-0.1, -0.05) is 300 Å². The van der Waals surface area contributed by atoms with Crippen molar-refractivity contribution in [2.45, 2.75) is 194 Å². The summed E-state index contributed by atoms with van der Waals surface area (Å²) in [7, 11) is 0. The second-order valence-corrected chi connectivity index (χ2v) is 30.3. The number of ether oxygens (including phenoxy) is 2. The molecule has 0 aliphatic heterocycles. The highest BCUT2D eigenvalue weighted by atomic mass is 16.5. The van der Waals surface area contributed by atoms with Crippen LogP contribution in [0.1, 0.15) is 221 Å². The predicted molar refractivity (Wildman–Crippen MR) is 361 cm³/mol. The number of nitrogens with zero attached hydrogens (tertiary/aromatic N) is 3. The summed E-state index contributed by atoms with van der Waals surface area (Å²) in [5, 5.41) is 9.02. The summed E-state index contributed by atoms with van der Waals surface area (Å²) in [5.74, 6) is 1.64. The molecule has 0 unspecified atom stereocenters. The summed E-state index contributed by atoms with van der Waals surface area (Å²) in [6.07, 6.45) is 3.76. The number of hydrogen-bond donors (Lipinski definition) is 0. The Balaban J connectivity index is 0.898. The van der Waals surface area contributed by atoms with E-state index in [9.17, 15) is 0 Å². The van der Waals surface area contributed by atoms with Gasteiger partial charge in [-0.2, -0.15) is 0 Å². The third-order valence-electron chi connectivity index (χ3n) is 17.7. The summed E-state index contributed by atoms with van der Waals surface area (Å²) in [6, 6.07) is 73.5. The Morgan fingerprint density at radius 2 is 0.500 bits per heavy atom. The lowest BCUT2D eigenvalue weighted by molar-refractivity contribution is 0.300. The van der Waals surface area contributed by atoms with Crippen LogP contribution in [0, 0.1) is 0 Å². The van der Waals surface area contributed by atoms with Crippen molar-refractivity contribution in [1.82, 2.24) is 15.0 Å². The first kappa shape index (κ1) is 63.0. The van der Waals surface area contributed by atoms with Crippen LogP contribution in [0.2, 0.25) is 0 Å². The van der Waals surface area contributed by atoms with Crippen LogP contribution in [-0.2, 0) is 56.5 Å². The van der Waals surface area contributed by atoms with E-state index in [1.807, 2.05) is 10.9 Å². The van der Waals surface area contributed by atoms with Gasteiger partial charge in [0.15, 0.2) is 0 Å². The van der Waals surface area contributed by atoms with Gasteiger partial charge >= 0.3 is 0 Å². The zero-order valence-electron chi connectivity index (χ0n) is 55.2. The second-order valence-electron chi connectivity index (χ2n) is 30.3. The van der Waals surface area contributed by atoms with Crippen LogP contribution in [0.3, 0.4) is 0 Å². The van der Waals surface area contributed by atoms with Crippen LogP contribution in [0.15, 0.2) is 200 Å². The number of hydrogen-bond acceptors (Lipinski definition) is 4. The summed E-state index contributed by atoms with van der Waals surface area (Å²) >= 11 is 0. The van der Waals surface area contributed by atoms with Gasteiger partial charge < -0.3 is 9.47 Å². The van der Waals surface area contributed by atoms with Crippen molar-refractivity contribution < 1.29 is 9.47 Å². The quantitative estimate of drug-likeness (QED) is 0.0673. The average molecular weight is 1140 g/mol. The summed E-state index contributed by atoms with van der Waals surface area (Å²) in [5.41, 5.74) is 17.4. The molecule has 9 aromatic rings. The summed E-state index contributed by atoms with van der Waals surface area (Å²) in [6.45, 7) is 42.7. The first-order chi connectivity index (χ1) is 40.4. The zero-order valence-corrected chi connectivity index (χ0v) is 55.2. The summed E-state index contributed by atoms with van der Waals surface area (Å²) in [4.78, 5) is 0. The number of benzene rings is 8. The fraction of sp³-hybridized carbons (Fsp3) is 0.383. The molecule has 0 bridgehead atoms. The normalized spacial score (nSPS) is 13.0. The van der Waals surface area contributed by atoms with Gasteiger partial charge in [-0.3, -0.25) is 4.68 Å². The number of aromatic nitrogens is 3. The van der Waals surface area contributed by atoms with Crippen LogP contribution in [0.5, 0.6) is 11.5 Å². The van der Waals surface area contributed by atoms with E-state index in [1.165, 1.54) is 77.9 Å². The SMILES string of the molecule is CC(C)(C)c1ccc(C(c2ccc(OCCCCn3cc(COc4ccc(C(c5ccc(C(C)(C)C)cc5)(c5ccc(C(C)(C)C)cc5)c5ccc(C(C)(C)C)cc5)cc4)nn3)cc2)(c2ccc(C(C)(C)C)cc2)c2ccc(C(C)(C)C)cc2)cc1. The molecule has 0 N–H and O–H groups in total. The first-order valence-electron chi connectivity index (χ1n) is 31.4. The molecule has 8 aromatic carbocycles. The van der Waals surface area contributed by atoms with Crippen molar-refractivity contribution in [2.75, 3.05) is 6.61 Å². The molecule has 5 nitrogen and oxygen atoms in total. The fourth-order valence-electron chi connectivity index (χ4n) is 12.2. The molecule has 9 rings (SSSR count). The van der Waals surface area contributed by atoms with Gasteiger partial charge in [0.1, 0.15) is 23.8 Å². The standard InChI is InChI=1S/C81H97N3O2/c1-74(2,3)57-21-33-63(34-22-57)80(64-35-23-58(24-36-64)75(4,5)6,65-37-25-59(26-38-65)76(7,8)9)69-45-49-72(50-46-69)85-54-20-19-53-84-55-71(82-83-84)56-86-73-51-47-70(48-52-73)81(66-39-27-60(28-40-66)77(10,11)12,67-41-29-61(30-42-67)78(13,14)15)68-43-31-62(32-44-68)79(16,17)18/h21-52,55H,19-20,53-54,56H2,1-18H3. The molecule has 0 aliphatic carbocycles. The Labute approximate surface area is 517 Å². The van der Waals surface area contributed by atoms with Crippen molar-refractivity contribution in [3.8, 4) is 11.5 Å². The van der Waals surface area contributed by atoms with Gasteiger partial charge in [0.05, 0.1) is 23.6 Å². The third-order valence-corrected chi connectivity index (χ3v) is 17.7. The van der Waals surface area contributed by atoms with E-state index in [0.29, 0.717) is 13.2 Å². The van der Waals surface area contributed by atoms with Gasteiger partial charge in [-0.05, 0) is 147 Å². The monoisotopic (exact) mass is 1140 g/mol. The molecule has 0 radical (unpaired) electrons. The lowest BCUT2D eigenvalue weighted by atomic mass is 9.64. The van der Waals surface area contributed by atoms with Crippen LogP contribution < -0.4 is 9.47 Å². The van der Waals surface area contributed by atoms with E-state index in [-0.39, 0.29) is 32.5 Å². The van der Waals surface area contributed by atoms with E-state index in [0.717, 1.165) is 36.6 Å². The van der Waals surface area contributed by atoms with Crippen molar-refractivity contribution in [2.24, 2.45) is 0 Å². The molecule has 86 heavy (non-hydrogen) atoms. The smallest absolute Gasteiger partial charge is 0.134 e. The largest absolute Gasteiger partial charge is 0.494 e.